The fourth-order valence-electron chi connectivity index (χ4n) is 7.13. The first kappa shape index (κ1) is 29.0. The summed E-state index contributed by atoms with van der Waals surface area (Å²) in [5.74, 6) is 1.78. The molecule has 0 aliphatic carbocycles. The van der Waals surface area contributed by atoms with E-state index in [9.17, 15) is 0 Å². The lowest BCUT2D eigenvalue weighted by atomic mass is 9.95. The first-order valence-electron chi connectivity index (χ1n) is 17.1. The quantitative estimate of drug-likeness (QED) is 0.186. The van der Waals surface area contributed by atoms with Crippen molar-refractivity contribution in [3.8, 4) is 56.4 Å². The standard InChI is InChI=1S/C47H29N3O/c1-3-13-34(14-4-1)45-48-46(35-15-5-2-6-16-35)50-47(49-45)41-29-38(28-40-43-39-18-10-9-12-33(39)25-26-42(43)51-44(40)41)32-21-19-31(20-22-32)37-24-23-30-11-7-8-17-36(30)27-37/h1-29H. The van der Waals surface area contributed by atoms with E-state index in [-0.39, 0.29) is 0 Å². The Bertz CT molecular complexity index is 2840. The second-order valence-corrected chi connectivity index (χ2v) is 12.8. The molecule has 4 heteroatoms. The first-order chi connectivity index (χ1) is 25.2. The zero-order chi connectivity index (χ0) is 33.7. The second kappa shape index (κ2) is 11.9. The fraction of sp³-hybridized carbons (Fsp3) is 0. The molecule has 2 aromatic heterocycles. The number of rotatable bonds is 5. The maximum absolute atomic E-state index is 6.74. The summed E-state index contributed by atoms with van der Waals surface area (Å²) >= 11 is 0. The van der Waals surface area contributed by atoms with Crippen LogP contribution in [0.25, 0.3) is 99.9 Å². The summed E-state index contributed by atoms with van der Waals surface area (Å²) in [6, 6.07) is 61.2. The number of hydrogen-bond donors (Lipinski definition) is 0. The van der Waals surface area contributed by atoms with Crippen LogP contribution in [0.4, 0.5) is 0 Å². The van der Waals surface area contributed by atoms with E-state index in [0.717, 1.165) is 60.5 Å². The van der Waals surface area contributed by atoms with Crippen molar-refractivity contribution in [2.24, 2.45) is 0 Å². The van der Waals surface area contributed by atoms with Gasteiger partial charge in [-0.3, -0.25) is 0 Å². The lowest BCUT2D eigenvalue weighted by molar-refractivity contribution is 0.670. The SMILES string of the molecule is c1ccc(-c2nc(-c3ccccc3)nc(-c3cc(-c4ccc(-c5ccc6ccccc6c5)cc4)cc4c3oc3ccc5ccccc5c34)n2)cc1. The molecule has 51 heavy (non-hydrogen) atoms. The Morgan fingerprint density at radius 3 is 1.59 bits per heavy atom. The van der Waals surface area contributed by atoms with Crippen LogP contribution in [0.2, 0.25) is 0 Å². The van der Waals surface area contributed by atoms with E-state index in [1.165, 1.54) is 21.9 Å². The molecule has 0 saturated carbocycles. The van der Waals surface area contributed by atoms with Crippen molar-refractivity contribution in [3.63, 3.8) is 0 Å². The number of aromatic nitrogens is 3. The van der Waals surface area contributed by atoms with Crippen molar-refractivity contribution in [1.82, 2.24) is 15.0 Å². The van der Waals surface area contributed by atoms with Gasteiger partial charge in [-0.1, -0.05) is 152 Å². The van der Waals surface area contributed by atoms with Gasteiger partial charge in [0.1, 0.15) is 11.2 Å². The lowest BCUT2D eigenvalue weighted by Crippen LogP contribution is -2.00. The van der Waals surface area contributed by atoms with Crippen LogP contribution in [0, 0.1) is 0 Å². The van der Waals surface area contributed by atoms with E-state index in [1.54, 1.807) is 0 Å². The summed E-state index contributed by atoms with van der Waals surface area (Å²) in [7, 11) is 0. The van der Waals surface area contributed by atoms with Gasteiger partial charge in [-0.25, -0.2) is 15.0 Å². The predicted molar refractivity (Wildman–Crippen MR) is 209 cm³/mol. The molecule has 0 atom stereocenters. The van der Waals surface area contributed by atoms with Crippen LogP contribution < -0.4 is 0 Å². The smallest absolute Gasteiger partial charge is 0.167 e. The highest BCUT2D eigenvalue weighted by molar-refractivity contribution is 6.21. The van der Waals surface area contributed by atoms with Crippen LogP contribution in [0.5, 0.6) is 0 Å². The molecule has 0 bridgehead atoms. The second-order valence-electron chi connectivity index (χ2n) is 12.8. The molecule has 0 amide bonds. The molecule has 4 nitrogen and oxygen atoms in total. The molecule has 2 heterocycles. The van der Waals surface area contributed by atoms with Crippen molar-refractivity contribution >= 4 is 43.5 Å². The average molecular weight is 652 g/mol. The zero-order valence-corrected chi connectivity index (χ0v) is 27.5. The van der Waals surface area contributed by atoms with E-state index in [1.807, 2.05) is 60.7 Å². The Morgan fingerprint density at radius 2 is 0.882 bits per heavy atom. The molecule has 0 spiro atoms. The molecule has 0 aliphatic heterocycles. The third kappa shape index (κ3) is 5.13. The first-order valence-corrected chi connectivity index (χ1v) is 17.1. The summed E-state index contributed by atoms with van der Waals surface area (Å²) in [6.45, 7) is 0. The minimum Gasteiger partial charge on any atom is -0.455 e. The topological polar surface area (TPSA) is 51.8 Å². The van der Waals surface area contributed by atoms with Crippen LogP contribution in [0.3, 0.4) is 0 Å². The number of benzene rings is 8. The Labute approximate surface area is 294 Å². The van der Waals surface area contributed by atoms with E-state index in [4.69, 9.17) is 19.4 Å². The molecule has 238 valence electrons. The largest absolute Gasteiger partial charge is 0.455 e. The fourth-order valence-corrected chi connectivity index (χ4v) is 7.13. The van der Waals surface area contributed by atoms with Crippen molar-refractivity contribution in [3.05, 3.63) is 176 Å². The number of hydrogen-bond acceptors (Lipinski definition) is 4. The van der Waals surface area contributed by atoms with Gasteiger partial charge in [0.05, 0.1) is 5.56 Å². The van der Waals surface area contributed by atoms with Crippen LogP contribution in [0.1, 0.15) is 0 Å². The van der Waals surface area contributed by atoms with Gasteiger partial charge in [0.2, 0.25) is 0 Å². The monoisotopic (exact) mass is 651 g/mol. The van der Waals surface area contributed by atoms with Gasteiger partial charge in [-0.2, -0.15) is 0 Å². The van der Waals surface area contributed by atoms with Crippen LogP contribution in [-0.2, 0) is 0 Å². The summed E-state index contributed by atoms with van der Waals surface area (Å²) < 4.78 is 6.74. The Hall–Kier alpha value is -6.91. The zero-order valence-electron chi connectivity index (χ0n) is 27.5. The van der Waals surface area contributed by atoms with Gasteiger partial charge in [0.25, 0.3) is 0 Å². The molecule has 10 rings (SSSR count). The highest BCUT2D eigenvalue weighted by atomic mass is 16.3. The van der Waals surface area contributed by atoms with Crippen molar-refractivity contribution in [2.75, 3.05) is 0 Å². The molecule has 0 aliphatic rings. The minimum atomic E-state index is 0.561. The van der Waals surface area contributed by atoms with Crippen molar-refractivity contribution in [1.29, 1.82) is 0 Å². The summed E-state index contributed by atoms with van der Waals surface area (Å²) in [4.78, 5) is 15.2. The van der Waals surface area contributed by atoms with Crippen LogP contribution in [0.15, 0.2) is 180 Å². The van der Waals surface area contributed by atoms with Crippen LogP contribution in [-0.4, -0.2) is 15.0 Å². The molecule has 8 aromatic carbocycles. The Morgan fingerprint density at radius 1 is 0.333 bits per heavy atom. The maximum atomic E-state index is 6.74. The lowest BCUT2D eigenvalue weighted by Gasteiger charge is -2.11. The molecular formula is C47H29N3O. The molecule has 0 radical (unpaired) electrons. The molecule has 0 N–H and O–H groups in total. The van der Waals surface area contributed by atoms with Gasteiger partial charge in [-0.05, 0) is 68.1 Å². The third-order valence-corrected chi connectivity index (χ3v) is 9.70. The molecule has 0 fully saturated rings. The normalized spacial score (nSPS) is 11.5. The van der Waals surface area contributed by atoms with Gasteiger partial charge in [-0.15, -0.1) is 0 Å². The van der Waals surface area contributed by atoms with Gasteiger partial charge in [0.15, 0.2) is 17.5 Å². The van der Waals surface area contributed by atoms with Crippen molar-refractivity contribution in [2.45, 2.75) is 0 Å². The maximum Gasteiger partial charge on any atom is 0.167 e. The highest BCUT2D eigenvalue weighted by Crippen LogP contribution is 2.42. The molecule has 0 saturated heterocycles. The van der Waals surface area contributed by atoms with E-state index in [0.29, 0.717) is 17.5 Å². The Balaban J connectivity index is 1.21. The number of furan rings is 1. The third-order valence-electron chi connectivity index (χ3n) is 9.70. The van der Waals surface area contributed by atoms with E-state index < -0.39 is 0 Å². The summed E-state index contributed by atoms with van der Waals surface area (Å²) in [5, 5.41) is 6.89. The van der Waals surface area contributed by atoms with E-state index in [2.05, 4.69) is 115 Å². The summed E-state index contributed by atoms with van der Waals surface area (Å²) in [6.07, 6.45) is 0. The predicted octanol–water partition coefficient (Wildman–Crippen LogP) is 12.4. The molecule has 10 aromatic rings. The summed E-state index contributed by atoms with van der Waals surface area (Å²) in [5.41, 5.74) is 8.75. The number of nitrogens with zero attached hydrogens (tertiary/aromatic N) is 3. The van der Waals surface area contributed by atoms with Gasteiger partial charge in [0, 0.05) is 21.9 Å². The Kier molecular flexibility index (Phi) is 6.78. The van der Waals surface area contributed by atoms with Crippen molar-refractivity contribution < 1.29 is 4.42 Å². The number of fused-ring (bicyclic) bond motifs is 6. The minimum absolute atomic E-state index is 0.561. The van der Waals surface area contributed by atoms with E-state index >= 15 is 0 Å². The molecule has 0 unspecified atom stereocenters. The molecular weight excluding hydrogens is 623 g/mol. The van der Waals surface area contributed by atoms with Gasteiger partial charge < -0.3 is 4.42 Å². The van der Waals surface area contributed by atoms with Crippen LogP contribution >= 0.6 is 0 Å². The highest BCUT2D eigenvalue weighted by Gasteiger charge is 2.21. The average Bonchev–Trinajstić information content (AvgIpc) is 3.60. The van der Waals surface area contributed by atoms with Gasteiger partial charge >= 0.3 is 0 Å².